The SMILES string of the molecule is CCN(C(=O)CNC(=O)OC(C)(C)C)C(C(=O)NC(C)(C)C)c1ccc(O)cc1. The third-order valence-corrected chi connectivity index (χ3v) is 3.71. The second-order valence-electron chi connectivity index (χ2n) is 8.77. The summed E-state index contributed by atoms with van der Waals surface area (Å²) in [6, 6.07) is 5.21. The summed E-state index contributed by atoms with van der Waals surface area (Å²) in [4.78, 5) is 39.1. The van der Waals surface area contributed by atoms with Crippen molar-refractivity contribution in [2.24, 2.45) is 0 Å². The number of carbonyl (C=O) groups is 3. The molecule has 0 saturated heterocycles. The molecule has 8 nitrogen and oxygen atoms in total. The smallest absolute Gasteiger partial charge is 0.408 e. The van der Waals surface area contributed by atoms with Crippen molar-refractivity contribution in [1.82, 2.24) is 15.5 Å². The molecular weight excluding hydrogens is 374 g/mol. The average Bonchev–Trinajstić information content (AvgIpc) is 2.55. The molecule has 0 aliphatic heterocycles. The second kappa shape index (κ2) is 9.62. The van der Waals surface area contributed by atoms with Crippen LogP contribution < -0.4 is 10.6 Å². The van der Waals surface area contributed by atoms with Gasteiger partial charge < -0.3 is 25.4 Å². The van der Waals surface area contributed by atoms with E-state index in [0.29, 0.717) is 5.56 Å². The molecule has 0 bridgehead atoms. The van der Waals surface area contributed by atoms with Crippen LogP contribution in [0.25, 0.3) is 0 Å². The van der Waals surface area contributed by atoms with Gasteiger partial charge in [-0.05, 0) is 66.2 Å². The number of nitrogens with zero attached hydrogens (tertiary/aromatic N) is 1. The third-order valence-electron chi connectivity index (χ3n) is 3.71. The van der Waals surface area contributed by atoms with Gasteiger partial charge in [-0.2, -0.15) is 0 Å². The lowest BCUT2D eigenvalue weighted by atomic mass is 10.0. The van der Waals surface area contributed by atoms with Gasteiger partial charge >= 0.3 is 6.09 Å². The average molecular weight is 408 g/mol. The first-order valence-electron chi connectivity index (χ1n) is 9.61. The lowest BCUT2D eigenvalue weighted by Gasteiger charge is -2.33. The Morgan fingerprint density at radius 2 is 1.62 bits per heavy atom. The van der Waals surface area contributed by atoms with Crippen molar-refractivity contribution in [3.8, 4) is 5.75 Å². The number of phenols is 1. The quantitative estimate of drug-likeness (QED) is 0.672. The summed E-state index contributed by atoms with van der Waals surface area (Å²) in [5.41, 5.74) is -0.626. The highest BCUT2D eigenvalue weighted by atomic mass is 16.6. The van der Waals surface area contributed by atoms with Gasteiger partial charge in [0.1, 0.15) is 23.9 Å². The van der Waals surface area contributed by atoms with E-state index in [1.165, 1.54) is 17.0 Å². The van der Waals surface area contributed by atoms with Crippen molar-refractivity contribution in [1.29, 1.82) is 0 Å². The summed E-state index contributed by atoms with van der Waals surface area (Å²) in [7, 11) is 0. The van der Waals surface area contributed by atoms with E-state index in [1.807, 2.05) is 20.8 Å². The summed E-state index contributed by atoms with van der Waals surface area (Å²) in [5, 5.41) is 14.9. The van der Waals surface area contributed by atoms with Crippen LogP contribution in [0.15, 0.2) is 24.3 Å². The molecule has 3 amide bonds. The number of benzene rings is 1. The zero-order valence-corrected chi connectivity index (χ0v) is 18.3. The minimum atomic E-state index is -0.909. The predicted molar refractivity (Wildman–Crippen MR) is 110 cm³/mol. The molecule has 3 N–H and O–H groups in total. The number of hydrogen-bond donors (Lipinski definition) is 3. The Labute approximate surface area is 172 Å². The van der Waals surface area contributed by atoms with Crippen LogP contribution in [0, 0.1) is 0 Å². The first-order valence-corrected chi connectivity index (χ1v) is 9.61. The van der Waals surface area contributed by atoms with Gasteiger partial charge in [-0.15, -0.1) is 0 Å². The number of rotatable bonds is 6. The molecule has 1 atom stereocenters. The molecule has 1 aromatic carbocycles. The van der Waals surface area contributed by atoms with E-state index in [0.717, 1.165) is 0 Å². The fraction of sp³-hybridized carbons (Fsp3) is 0.571. The minimum absolute atomic E-state index is 0.0599. The standard InChI is InChI=1S/C21H33N3O5/c1-8-24(16(26)13-22-19(28)29-21(5,6)7)17(18(27)23-20(2,3)4)14-9-11-15(25)12-10-14/h9-12,17,25H,8,13H2,1-7H3,(H,22,28)(H,23,27). The normalized spacial score (nSPS) is 12.7. The Balaban J connectivity index is 3.06. The molecule has 29 heavy (non-hydrogen) atoms. The molecule has 0 saturated carbocycles. The number of hydrogen-bond acceptors (Lipinski definition) is 5. The lowest BCUT2D eigenvalue weighted by Crippen LogP contribution is -2.51. The van der Waals surface area contributed by atoms with E-state index in [1.54, 1.807) is 39.8 Å². The first-order chi connectivity index (χ1) is 13.2. The third kappa shape index (κ3) is 8.41. The highest BCUT2D eigenvalue weighted by Gasteiger charge is 2.32. The molecule has 1 rings (SSSR count). The molecule has 0 heterocycles. The summed E-state index contributed by atoms with van der Waals surface area (Å²) in [6.45, 7) is 12.4. The van der Waals surface area contributed by atoms with Gasteiger partial charge in [0.2, 0.25) is 11.8 Å². The molecule has 162 valence electrons. The van der Waals surface area contributed by atoms with E-state index in [2.05, 4.69) is 10.6 Å². The van der Waals surface area contributed by atoms with E-state index in [4.69, 9.17) is 4.74 Å². The van der Waals surface area contributed by atoms with Crippen LogP contribution in [-0.2, 0) is 14.3 Å². The van der Waals surface area contributed by atoms with Gasteiger partial charge in [-0.25, -0.2) is 4.79 Å². The summed E-state index contributed by atoms with van der Waals surface area (Å²) < 4.78 is 5.15. The molecule has 1 unspecified atom stereocenters. The van der Waals surface area contributed by atoms with Crippen molar-refractivity contribution in [2.45, 2.75) is 65.6 Å². The van der Waals surface area contributed by atoms with E-state index >= 15 is 0 Å². The molecule has 0 aliphatic rings. The van der Waals surface area contributed by atoms with Crippen LogP contribution in [0.2, 0.25) is 0 Å². The number of amides is 3. The van der Waals surface area contributed by atoms with Gasteiger partial charge in [0, 0.05) is 12.1 Å². The van der Waals surface area contributed by atoms with Crippen LogP contribution in [0.5, 0.6) is 5.75 Å². The molecule has 8 heteroatoms. The van der Waals surface area contributed by atoms with Gasteiger partial charge in [0.15, 0.2) is 0 Å². The minimum Gasteiger partial charge on any atom is -0.508 e. The summed E-state index contributed by atoms with van der Waals surface area (Å²) in [6.07, 6.45) is -0.706. The van der Waals surface area contributed by atoms with Crippen molar-refractivity contribution in [2.75, 3.05) is 13.1 Å². The van der Waals surface area contributed by atoms with Crippen LogP contribution >= 0.6 is 0 Å². The molecule has 1 aromatic rings. The maximum Gasteiger partial charge on any atom is 0.408 e. The summed E-state index contributed by atoms with van der Waals surface area (Å²) in [5.74, 6) is -0.721. The maximum absolute atomic E-state index is 13.0. The fourth-order valence-corrected chi connectivity index (χ4v) is 2.63. The Bertz CT molecular complexity index is 717. The predicted octanol–water partition coefficient (Wildman–Crippen LogP) is 2.72. The van der Waals surface area contributed by atoms with Gasteiger partial charge in [0.05, 0.1) is 0 Å². The van der Waals surface area contributed by atoms with Crippen molar-refractivity contribution < 1.29 is 24.2 Å². The number of likely N-dealkylation sites (N-methyl/N-ethyl adjacent to an activating group) is 1. The second-order valence-corrected chi connectivity index (χ2v) is 8.77. The largest absolute Gasteiger partial charge is 0.508 e. The van der Waals surface area contributed by atoms with Crippen LogP contribution in [0.3, 0.4) is 0 Å². The molecular formula is C21H33N3O5. The zero-order valence-electron chi connectivity index (χ0n) is 18.3. The zero-order chi connectivity index (χ0) is 22.4. The monoisotopic (exact) mass is 407 g/mol. The molecule has 0 aromatic heterocycles. The van der Waals surface area contributed by atoms with Crippen LogP contribution in [0.4, 0.5) is 4.79 Å². The topological polar surface area (TPSA) is 108 Å². The van der Waals surface area contributed by atoms with Gasteiger partial charge in [-0.1, -0.05) is 12.1 Å². The number of phenolic OH excluding ortho intramolecular Hbond substituents is 1. The number of alkyl carbamates (subject to hydrolysis) is 1. The molecule has 0 fully saturated rings. The van der Waals surface area contributed by atoms with E-state index in [9.17, 15) is 19.5 Å². The number of ether oxygens (including phenoxy) is 1. The number of nitrogens with one attached hydrogen (secondary N) is 2. The molecule has 0 aliphatic carbocycles. The van der Waals surface area contributed by atoms with E-state index in [-0.39, 0.29) is 24.7 Å². The lowest BCUT2D eigenvalue weighted by molar-refractivity contribution is -0.140. The fourth-order valence-electron chi connectivity index (χ4n) is 2.63. The number of carbonyl (C=O) groups excluding carboxylic acids is 3. The van der Waals surface area contributed by atoms with Crippen LogP contribution in [0.1, 0.15) is 60.1 Å². The summed E-state index contributed by atoms with van der Waals surface area (Å²) >= 11 is 0. The Hall–Kier alpha value is -2.77. The van der Waals surface area contributed by atoms with E-state index < -0.39 is 29.2 Å². The van der Waals surface area contributed by atoms with Gasteiger partial charge in [0.25, 0.3) is 0 Å². The number of aromatic hydroxyl groups is 1. The van der Waals surface area contributed by atoms with Gasteiger partial charge in [-0.3, -0.25) is 9.59 Å². The van der Waals surface area contributed by atoms with Crippen molar-refractivity contribution in [3.63, 3.8) is 0 Å². The molecule has 0 spiro atoms. The van der Waals surface area contributed by atoms with Crippen molar-refractivity contribution in [3.05, 3.63) is 29.8 Å². The maximum atomic E-state index is 13.0. The Morgan fingerprint density at radius 1 is 1.07 bits per heavy atom. The Morgan fingerprint density at radius 3 is 2.07 bits per heavy atom. The highest BCUT2D eigenvalue weighted by Crippen LogP contribution is 2.24. The first kappa shape index (κ1) is 24.3. The van der Waals surface area contributed by atoms with Crippen LogP contribution in [-0.4, -0.2) is 52.1 Å². The molecule has 0 radical (unpaired) electrons. The van der Waals surface area contributed by atoms with Crippen molar-refractivity contribution >= 4 is 17.9 Å². The highest BCUT2D eigenvalue weighted by molar-refractivity contribution is 5.90. The Kier molecular flexibility index (Phi) is 8.05.